The molecule has 0 aromatic carbocycles. The molecular formula is C7H10NO6-. The minimum atomic E-state index is -1.28. The van der Waals surface area contributed by atoms with Crippen LogP contribution in [0.5, 0.6) is 0 Å². The van der Waals surface area contributed by atoms with Gasteiger partial charge in [0, 0.05) is 0 Å². The van der Waals surface area contributed by atoms with E-state index in [-0.39, 0.29) is 13.2 Å². The molecule has 0 unspecified atom stereocenters. The number of carbonyl (C=O) groups excluding carboxylic acids is 1. The lowest BCUT2D eigenvalue weighted by Crippen LogP contribution is -2.23. The van der Waals surface area contributed by atoms with Gasteiger partial charge in [0.2, 0.25) is 0 Å². The van der Waals surface area contributed by atoms with Crippen LogP contribution in [-0.4, -0.2) is 24.1 Å². The summed E-state index contributed by atoms with van der Waals surface area (Å²) in [5, 5.41) is 21.2. The molecule has 0 spiro atoms. The van der Waals surface area contributed by atoms with Gasteiger partial charge in [0.25, 0.3) is 0 Å². The summed E-state index contributed by atoms with van der Waals surface area (Å²) in [6, 6.07) is 0. The zero-order valence-corrected chi connectivity index (χ0v) is 7.81. The van der Waals surface area contributed by atoms with Crippen LogP contribution in [0.3, 0.4) is 0 Å². The van der Waals surface area contributed by atoms with Gasteiger partial charge in [0.15, 0.2) is 0 Å². The van der Waals surface area contributed by atoms with Crippen molar-refractivity contribution >= 4 is 5.97 Å². The monoisotopic (exact) mass is 204 g/mol. The van der Waals surface area contributed by atoms with E-state index in [0.717, 1.165) is 0 Å². The Kier molecular flexibility index (Phi) is 5.05. The molecule has 7 heteroatoms. The molecule has 7 nitrogen and oxygen atoms in total. The predicted octanol–water partition coefficient (Wildman–Crippen LogP) is -0.608. The number of nitro groups is 1. The maximum Gasteiger partial charge on any atom is 0.411 e. The van der Waals surface area contributed by atoms with Crippen molar-refractivity contribution < 1.29 is 24.3 Å². The zero-order chi connectivity index (χ0) is 11.1. The van der Waals surface area contributed by atoms with Crippen LogP contribution in [0, 0.1) is 10.1 Å². The first-order valence-corrected chi connectivity index (χ1v) is 3.90. The van der Waals surface area contributed by atoms with Crippen LogP contribution in [0.1, 0.15) is 13.8 Å². The van der Waals surface area contributed by atoms with E-state index in [1.165, 1.54) is 13.8 Å². The van der Waals surface area contributed by atoms with Gasteiger partial charge >= 0.3 is 11.7 Å². The Morgan fingerprint density at radius 1 is 1.29 bits per heavy atom. The van der Waals surface area contributed by atoms with Gasteiger partial charge in [0.1, 0.15) is 5.95 Å². The standard InChI is InChI=1S/C7H11NO6/c1-3-13-6(9)5(8(11)12)7(10)14-4-2/h9H,3-4H2,1-2H3/p-1. The first-order chi connectivity index (χ1) is 6.54. The molecule has 0 saturated heterocycles. The number of carbonyl (C=O) groups is 1. The lowest BCUT2D eigenvalue weighted by atomic mass is 10.5. The Morgan fingerprint density at radius 2 is 1.79 bits per heavy atom. The summed E-state index contributed by atoms with van der Waals surface area (Å²) in [6.07, 6.45) is 0. The van der Waals surface area contributed by atoms with Crippen molar-refractivity contribution in [3.63, 3.8) is 0 Å². The van der Waals surface area contributed by atoms with Crippen LogP contribution < -0.4 is 5.11 Å². The highest BCUT2D eigenvalue weighted by molar-refractivity contribution is 5.85. The van der Waals surface area contributed by atoms with Gasteiger partial charge in [-0.2, -0.15) is 0 Å². The molecule has 0 N–H and O–H groups in total. The SMILES string of the molecule is CCOC(=O)C(=C([O-])OCC)[N+](=O)[O-]. The second-order valence-electron chi connectivity index (χ2n) is 2.05. The number of hydrogen-bond acceptors (Lipinski definition) is 6. The molecule has 0 aromatic rings. The van der Waals surface area contributed by atoms with Crippen LogP contribution in [0.25, 0.3) is 0 Å². The molecule has 0 aromatic heterocycles. The van der Waals surface area contributed by atoms with Crippen LogP contribution in [0.2, 0.25) is 0 Å². The number of ether oxygens (including phenoxy) is 2. The minimum absolute atomic E-state index is 0.0461. The molecule has 0 aliphatic heterocycles. The smallest absolute Gasteiger partial charge is 0.411 e. The lowest BCUT2D eigenvalue weighted by molar-refractivity contribution is -0.451. The maximum absolute atomic E-state index is 10.9. The van der Waals surface area contributed by atoms with Crippen molar-refractivity contribution in [2.45, 2.75) is 13.8 Å². The van der Waals surface area contributed by atoms with Gasteiger partial charge in [-0.3, -0.25) is 10.1 Å². The zero-order valence-electron chi connectivity index (χ0n) is 7.81. The third-order valence-electron chi connectivity index (χ3n) is 1.12. The van der Waals surface area contributed by atoms with E-state index in [1.54, 1.807) is 0 Å². The fourth-order valence-electron chi connectivity index (χ4n) is 0.631. The molecule has 0 amide bonds. The van der Waals surface area contributed by atoms with Gasteiger partial charge in [0.05, 0.1) is 11.5 Å². The largest absolute Gasteiger partial charge is 0.609 e. The Morgan fingerprint density at radius 3 is 2.14 bits per heavy atom. The van der Waals surface area contributed by atoms with Crippen molar-refractivity contribution in [3.8, 4) is 0 Å². The molecule has 0 aliphatic carbocycles. The van der Waals surface area contributed by atoms with Crippen molar-refractivity contribution in [3.05, 3.63) is 21.8 Å². The number of esters is 1. The molecule has 0 radical (unpaired) electrons. The van der Waals surface area contributed by atoms with E-state index in [4.69, 9.17) is 0 Å². The van der Waals surface area contributed by atoms with E-state index < -0.39 is 22.5 Å². The lowest BCUT2D eigenvalue weighted by Gasteiger charge is -2.11. The van der Waals surface area contributed by atoms with Gasteiger partial charge in [-0.1, -0.05) is 6.92 Å². The van der Waals surface area contributed by atoms with Crippen molar-refractivity contribution in [1.82, 2.24) is 0 Å². The number of rotatable bonds is 5. The third kappa shape index (κ3) is 3.30. The predicted molar refractivity (Wildman–Crippen MR) is 42.3 cm³/mol. The average molecular weight is 204 g/mol. The van der Waals surface area contributed by atoms with E-state index in [1.807, 2.05) is 0 Å². The van der Waals surface area contributed by atoms with Gasteiger partial charge < -0.3 is 14.6 Å². The molecule has 14 heavy (non-hydrogen) atoms. The fourth-order valence-corrected chi connectivity index (χ4v) is 0.631. The van der Waals surface area contributed by atoms with E-state index in [2.05, 4.69) is 9.47 Å². The maximum atomic E-state index is 10.9. The van der Waals surface area contributed by atoms with Crippen molar-refractivity contribution in [2.24, 2.45) is 0 Å². The topological polar surface area (TPSA) is 102 Å². The Bertz CT molecular complexity index is 259. The first-order valence-electron chi connectivity index (χ1n) is 3.90. The summed E-state index contributed by atoms with van der Waals surface area (Å²) >= 11 is 0. The summed E-state index contributed by atoms with van der Waals surface area (Å²) in [7, 11) is 0. The van der Waals surface area contributed by atoms with Gasteiger partial charge in [-0.15, -0.1) is 0 Å². The second kappa shape index (κ2) is 5.79. The highest BCUT2D eigenvalue weighted by Crippen LogP contribution is 2.04. The Labute approximate surface area is 80.1 Å². The average Bonchev–Trinajstić information content (AvgIpc) is 2.04. The van der Waals surface area contributed by atoms with Gasteiger partial charge in [-0.25, -0.2) is 4.79 Å². The van der Waals surface area contributed by atoms with Crippen LogP contribution in [-0.2, 0) is 14.3 Å². The molecule has 0 atom stereocenters. The highest BCUT2D eigenvalue weighted by Gasteiger charge is 2.25. The quantitative estimate of drug-likeness (QED) is 0.194. The Hall–Kier alpha value is -1.79. The number of nitrogens with zero attached hydrogens (tertiary/aromatic N) is 1. The summed E-state index contributed by atoms with van der Waals surface area (Å²) < 4.78 is 8.63. The Balaban J connectivity index is 4.83. The molecule has 0 fully saturated rings. The van der Waals surface area contributed by atoms with Crippen molar-refractivity contribution in [1.29, 1.82) is 0 Å². The van der Waals surface area contributed by atoms with Crippen molar-refractivity contribution in [2.75, 3.05) is 13.2 Å². The molecule has 80 valence electrons. The minimum Gasteiger partial charge on any atom is -0.609 e. The first kappa shape index (κ1) is 12.2. The normalized spacial score (nSPS) is 11.6. The summed E-state index contributed by atoms with van der Waals surface area (Å²) in [5.41, 5.74) is -1.20. The highest BCUT2D eigenvalue weighted by atomic mass is 16.6. The molecule has 0 bridgehead atoms. The molecule has 0 saturated carbocycles. The third-order valence-corrected chi connectivity index (χ3v) is 1.12. The van der Waals surface area contributed by atoms with Crippen LogP contribution in [0.4, 0.5) is 0 Å². The molecule has 0 rings (SSSR count). The molecule has 0 aliphatic rings. The summed E-state index contributed by atoms with van der Waals surface area (Å²) in [6.45, 7) is 2.85. The van der Waals surface area contributed by atoms with Crippen LogP contribution in [0.15, 0.2) is 11.6 Å². The summed E-state index contributed by atoms with van der Waals surface area (Å²) in [5.74, 6) is -2.56. The van der Waals surface area contributed by atoms with E-state index in [0.29, 0.717) is 0 Å². The molecular weight excluding hydrogens is 194 g/mol. The van der Waals surface area contributed by atoms with Gasteiger partial charge in [-0.05, 0) is 13.5 Å². The fraction of sp³-hybridized carbons (Fsp3) is 0.571. The number of hydrogen-bond donors (Lipinski definition) is 0. The summed E-state index contributed by atoms with van der Waals surface area (Å²) in [4.78, 5) is 20.1. The van der Waals surface area contributed by atoms with E-state index in [9.17, 15) is 20.0 Å². The second-order valence-corrected chi connectivity index (χ2v) is 2.05. The molecule has 0 heterocycles. The van der Waals surface area contributed by atoms with Crippen LogP contribution >= 0.6 is 0 Å². The van der Waals surface area contributed by atoms with E-state index >= 15 is 0 Å².